The van der Waals surface area contributed by atoms with Gasteiger partial charge in [-0.2, -0.15) is 0 Å². The van der Waals surface area contributed by atoms with Crippen molar-refractivity contribution in [1.82, 2.24) is 0 Å². The van der Waals surface area contributed by atoms with Crippen LogP contribution in [0.25, 0.3) is 0 Å². The van der Waals surface area contributed by atoms with Crippen LogP contribution in [0.2, 0.25) is 0 Å². The zero-order chi connectivity index (χ0) is 24.1. The van der Waals surface area contributed by atoms with Crippen LogP contribution < -0.4 is 0 Å². The van der Waals surface area contributed by atoms with E-state index in [1.807, 2.05) is 24.3 Å². The number of hydrogen-bond acceptors (Lipinski definition) is 5. The molecule has 0 heterocycles. The molecule has 1 aromatic carbocycles. The van der Waals surface area contributed by atoms with Crippen molar-refractivity contribution in [2.45, 2.75) is 94.6 Å². The molecule has 0 saturated heterocycles. The molecule has 0 radical (unpaired) electrons. The first kappa shape index (κ1) is 27.8. The van der Waals surface area contributed by atoms with Gasteiger partial charge in [-0.25, -0.2) is 0 Å². The Kier molecular flexibility index (Phi) is 13.1. The standard InChI is InChI=1S/C27H41ClO5/c1-2-3-4-8-11-24(30)20-13-15-21(16-14-20)27-22(23(28)19-25(27)31)10-7-5-6-9-12-26(32)33-18-17-29/h5,7,13-16,22-25,27,29-31H,2-4,6,8-12,17-19H2,1H3/b7-5-/t22-,23+,24?,25+,27+/m0/s1. The van der Waals surface area contributed by atoms with Crippen LogP contribution in [0.1, 0.15) is 94.3 Å². The van der Waals surface area contributed by atoms with Crippen molar-refractivity contribution < 1.29 is 24.9 Å². The molecule has 0 aliphatic heterocycles. The Morgan fingerprint density at radius 3 is 2.64 bits per heavy atom. The van der Waals surface area contributed by atoms with E-state index in [4.69, 9.17) is 21.4 Å². The number of carbonyl (C=O) groups is 1. The molecule has 2 rings (SSSR count). The van der Waals surface area contributed by atoms with Crippen molar-refractivity contribution in [1.29, 1.82) is 0 Å². The molecule has 1 unspecified atom stereocenters. The minimum absolute atomic E-state index is 0.0265. The smallest absolute Gasteiger partial charge is 0.305 e. The highest BCUT2D eigenvalue weighted by molar-refractivity contribution is 6.21. The van der Waals surface area contributed by atoms with Crippen LogP contribution in [0.3, 0.4) is 0 Å². The lowest BCUT2D eigenvalue weighted by Gasteiger charge is -2.23. The number of rotatable bonds is 15. The van der Waals surface area contributed by atoms with Gasteiger partial charge in [0.25, 0.3) is 0 Å². The normalized spacial score (nSPS) is 23.8. The highest BCUT2D eigenvalue weighted by atomic mass is 35.5. The minimum Gasteiger partial charge on any atom is -0.463 e. The third-order valence-electron chi connectivity index (χ3n) is 6.53. The summed E-state index contributed by atoms with van der Waals surface area (Å²) in [5.41, 5.74) is 2.00. The third kappa shape index (κ3) is 9.40. The molecule has 5 nitrogen and oxygen atoms in total. The summed E-state index contributed by atoms with van der Waals surface area (Å²) in [7, 11) is 0. The Morgan fingerprint density at radius 1 is 1.18 bits per heavy atom. The maximum atomic E-state index is 11.4. The number of alkyl halides is 1. The molecule has 3 N–H and O–H groups in total. The van der Waals surface area contributed by atoms with E-state index in [0.717, 1.165) is 43.2 Å². The number of hydrogen-bond donors (Lipinski definition) is 3. The van der Waals surface area contributed by atoms with E-state index in [0.29, 0.717) is 19.3 Å². The van der Waals surface area contributed by atoms with Crippen LogP contribution in [0.5, 0.6) is 0 Å². The Morgan fingerprint density at radius 2 is 1.94 bits per heavy atom. The van der Waals surface area contributed by atoms with Gasteiger partial charge in [-0.1, -0.05) is 69.0 Å². The number of halogens is 1. The Bertz CT molecular complexity index is 705. The van der Waals surface area contributed by atoms with Crippen LogP contribution in [0.4, 0.5) is 0 Å². The number of ether oxygens (including phenoxy) is 1. The fourth-order valence-electron chi connectivity index (χ4n) is 4.66. The fourth-order valence-corrected chi connectivity index (χ4v) is 5.11. The van der Waals surface area contributed by atoms with E-state index < -0.39 is 12.2 Å². The molecule has 1 aliphatic carbocycles. The molecule has 1 aliphatic rings. The predicted octanol–water partition coefficient (Wildman–Crippen LogP) is 5.41. The van der Waals surface area contributed by atoms with Crippen molar-refractivity contribution >= 4 is 17.6 Å². The van der Waals surface area contributed by atoms with Gasteiger partial charge in [0.15, 0.2) is 0 Å². The molecule has 1 saturated carbocycles. The maximum absolute atomic E-state index is 11.4. The van der Waals surface area contributed by atoms with Gasteiger partial charge >= 0.3 is 5.97 Å². The number of benzene rings is 1. The topological polar surface area (TPSA) is 87.0 Å². The van der Waals surface area contributed by atoms with Gasteiger partial charge < -0.3 is 20.1 Å². The molecule has 5 atom stereocenters. The number of carbonyl (C=O) groups excluding carboxylic acids is 1. The van der Waals surface area contributed by atoms with Crippen molar-refractivity contribution in [3.05, 3.63) is 47.5 Å². The Hall–Kier alpha value is -1.40. The molecule has 1 fully saturated rings. The predicted molar refractivity (Wildman–Crippen MR) is 132 cm³/mol. The van der Waals surface area contributed by atoms with E-state index >= 15 is 0 Å². The highest BCUT2D eigenvalue weighted by Crippen LogP contribution is 2.45. The van der Waals surface area contributed by atoms with Crippen molar-refractivity contribution in [3.63, 3.8) is 0 Å². The molecule has 33 heavy (non-hydrogen) atoms. The first-order chi connectivity index (χ1) is 16.0. The van der Waals surface area contributed by atoms with Gasteiger partial charge in [0, 0.05) is 17.7 Å². The van der Waals surface area contributed by atoms with Crippen LogP contribution in [0, 0.1) is 5.92 Å². The van der Waals surface area contributed by atoms with Crippen LogP contribution in [-0.2, 0) is 9.53 Å². The van der Waals surface area contributed by atoms with E-state index in [1.54, 1.807) is 0 Å². The SMILES string of the molecule is CCCCCCC(O)c1ccc([C@@H]2[C@@H](C/C=C\CCCC(=O)OCCO)[C@H](Cl)C[C@H]2O)cc1. The second-order valence-corrected chi connectivity index (χ2v) is 9.64. The zero-order valence-electron chi connectivity index (χ0n) is 19.9. The second kappa shape index (κ2) is 15.5. The van der Waals surface area contributed by atoms with Gasteiger partial charge in [-0.15, -0.1) is 11.6 Å². The summed E-state index contributed by atoms with van der Waals surface area (Å²) >= 11 is 6.60. The molecule has 186 valence electrons. The Labute approximate surface area is 203 Å². The summed E-state index contributed by atoms with van der Waals surface area (Å²) in [6.45, 7) is 2.08. The lowest BCUT2D eigenvalue weighted by Crippen LogP contribution is -2.18. The summed E-state index contributed by atoms with van der Waals surface area (Å²) < 4.78 is 4.85. The largest absolute Gasteiger partial charge is 0.463 e. The van der Waals surface area contributed by atoms with Gasteiger partial charge in [0.2, 0.25) is 0 Å². The quantitative estimate of drug-likeness (QED) is 0.135. The van der Waals surface area contributed by atoms with Crippen LogP contribution in [0.15, 0.2) is 36.4 Å². The van der Waals surface area contributed by atoms with E-state index in [2.05, 4.69) is 19.1 Å². The number of allylic oxidation sites excluding steroid dienone is 2. The average molecular weight is 481 g/mol. The number of aliphatic hydroxyl groups is 3. The molecule has 0 bridgehead atoms. The molecule has 1 aromatic rings. The van der Waals surface area contributed by atoms with E-state index in [9.17, 15) is 15.0 Å². The summed E-state index contributed by atoms with van der Waals surface area (Å²) in [4.78, 5) is 11.4. The summed E-state index contributed by atoms with van der Waals surface area (Å²) in [6, 6.07) is 8.03. The minimum atomic E-state index is -0.475. The van der Waals surface area contributed by atoms with Gasteiger partial charge in [-0.3, -0.25) is 4.79 Å². The van der Waals surface area contributed by atoms with E-state index in [-0.39, 0.29) is 36.4 Å². The second-order valence-electron chi connectivity index (χ2n) is 9.08. The molecule has 6 heteroatoms. The first-order valence-electron chi connectivity index (χ1n) is 12.5. The van der Waals surface area contributed by atoms with Crippen molar-refractivity contribution in [2.24, 2.45) is 5.92 Å². The van der Waals surface area contributed by atoms with Crippen LogP contribution >= 0.6 is 11.6 Å². The Balaban J connectivity index is 1.86. The monoisotopic (exact) mass is 480 g/mol. The van der Waals surface area contributed by atoms with Crippen molar-refractivity contribution in [3.8, 4) is 0 Å². The van der Waals surface area contributed by atoms with Gasteiger partial charge in [0.1, 0.15) is 6.61 Å². The first-order valence-corrected chi connectivity index (χ1v) is 12.9. The number of esters is 1. The average Bonchev–Trinajstić information content (AvgIpc) is 3.10. The summed E-state index contributed by atoms with van der Waals surface area (Å²) in [6.07, 6.45) is 11.7. The third-order valence-corrected chi connectivity index (χ3v) is 7.03. The number of unbranched alkanes of at least 4 members (excludes halogenated alkanes) is 4. The summed E-state index contributed by atoms with van der Waals surface area (Å²) in [5.74, 6) is -0.176. The zero-order valence-corrected chi connectivity index (χ0v) is 20.6. The molecule has 0 aromatic heterocycles. The lowest BCUT2D eigenvalue weighted by molar-refractivity contribution is -0.144. The molecular weight excluding hydrogens is 440 g/mol. The molecule has 0 amide bonds. The lowest BCUT2D eigenvalue weighted by atomic mass is 9.84. The number of aliphatic hydroxyl groups excluding tert-OH is 3. The van der Waals surface area contributed by atoms with Gasteiger partial charge in [-0.05, 0) is 49.1 Å². The molecule has 0 spiro atoms. The van der Waals surface area contributed by atoms with Gasteiger partial charge in [0.05, 0.1) is 18.8 Å². The molecular formula is C27H41ClO5. The fraction of sp³-hybridized carbons (Fsp3) is 0.667. The highest BCUT2D eigenvalue weighted by Gasteiger charge is 2.41. The van der Waals surface area contributed by atoms with E-state index in [1.165, 1.54) is 12.8 Å². The van der Waals surface area contributed by atoms with Crippen molar-refractivity contribution in [2.75, 3.05) is 13.2 Å². The maximum Gasteiger partial charge on any atom is 0.305 e. The van der Waals surface area contributed by atoms with Crippen LogP contribution in [-0.4, -0.2) is 46.0 Å². The summed E-state index contributed by atoms with van der Waals surface area (Å²) in [5, 5.41) is 29.7.